The molecule has 2 unspecified atom stereocenters. The van der Waals surface area contributed by atoms with E-state index in [1.54, 1.807) is 11.3 Å². The summed E-state index contributed by atoms with van der Waals surface area (Å²) in [6.07, 6.45) is 3.29. The molecule has 2 rings (SSSR count). The molecule has 2 atom stereocenters. The fourth-order valence-electron chi connectivity index (χ4n) is 2.83. The van der Waals surface area contributed by atoms with Gasteiger partial charge < -0.3 is 10.4 Å². The number of carboxylic acid groups (broad SMARTS) is 1. The van der Waals surface area contributed by atoms with E-state index in [0.717, 1.165) is 25.0 Å². The minimum Gasteiger partial charge on any atom is -0.479 e. The molecule has 1 fully saturated rings. The molecule has 2 N–H and O–H groups in total. The Kier molecular flexibility index (Phi) is 5.70. The molecule has 1 heterocycles. The number of nitrogens with one attached hydrogen (secondary N) is 1. The monoisotopic (exact) mass is 327 g/mol. The molecule has 0 aliphatic heterocycles. The van der Waals surface area contributed by atoms with Gasteiger partial charge in [0.25, 0.3) is 0 Å². The SMILES string of the molecule is CC1CCCCC1(NC(=O)CSCc1cccs1)C(=O)O. The minimum absolute atomic E-state index is 0.0185. The predicted octanol–water partition coefficient (Wildman–Crippen LogP) is 3.13. The van der Waals surface area contributed by atoms with Gasteiger partial charge in [0.1, 0.15) is 5.54 Å². The van der Waals surface area contributed by atoms with Crippen LogP contribution >= 0.6 is 23.1 Å². The van der Waals surface area contributed by atoms with Gasteiger partial charge in [-0.15, -0.1) is 23.1 Å². The Balaban J connectivity index is 1.88. The van der Waals surface area contributed by atoms with Gasteiger partial charge in [-0.2, -0.15) is 0 Å². The van der Waals surface area contributed by atoms with E-state index in [4.69, 9.17) is 0 Å². The first-order chi connectivity index (χ1) is 10.0. The van der Waals surface area contributed by atoms with Gasteiger partial charge in [-0.3, -0.25) is 4.79 Å². The second kappa shape index (κ2) is 7.31. The van der Waals surface area contributed by atoms with Crippen molar-refractivity contribution >= 4 is 35.0 Å². The van der Waals surface area contributed by atoms with Crippen LogP contribution < -0.4 is 5.32 Å². The Morgan fingerprint density at radius 3 is 2.95 bits per heavy atom. The number of rotatable bonds is 6. The first kappa shape index (κ1) is 16.4. The smallest absolute Gasteiger partial charge is 0.329 e. The lowest BCUT2D eigenvalue weighted by Crippen LogP contribution is -2.60. The van der Waals surface area contributed by atoms with Gasteiger partial charge in [0, 0.05) is 10.6 Å². The number of carbonyl (C=O) groups excluding carboxylic acids is 1. The summed E-state index contributed by atoms with van der Waals surface area (Å²) in [5.41, 5.74) is -1.07. The summed E-state index contributed by atoms with van der Waals surface area (Å²) in [6, 6.07) is 4.03. The Morgan fingerprint density at radius 2 is 2.33 bits per heavy atom. The Labute approximate surface area is 133 Å². The standard InChI is InChI=1S/C15H21NO3S2/c1-11-5-2-3-7-15(11,14(18)19)16-13(17)10-20-9-12-6-4-8-21-12/h4,6,8,11H,2-3,5,7,9-10H2,1H3,(H,16,17)(H,18,19). The van der Waals surface area contributed by atoms with Crippen molar-refractivity contribution in [3.8, 4) is 0 Å². The summed E-state index contributed by atoms with van der Waals surface area (Å²) >= 11 is 3.19. The van der Waals surface area contributed by atoms with E-state index >= 15 is 0 Å². The van der Waals surface area contributed by atoms with Gasteiger partial charge in [-0.1, -0.05) is 25.8 Å². The van der Waals surface area contributed by atoms with Crippen molar-refractivity contribution in [1.82, 2.24) is 5.32 Å². The average molecular weight is 327 g/mol. The lowest BCUT2D eigenvalue weighted by atomic mass is 9.73. The van der Waals surface area contributed by atoms with Gasteiger partial charge in [-0.05, 0) is 30.2 Å². The Bertz CT molecular complexity index is 489. The molecule has 0 bridgehead atoms. The van der Waals surface area contributed by atoms with Gasteiger partial charge >= 0.3 is 5.97 Å². The van der Waals surface area contributed by atoms with Crippen LogP contribution in [0.4, 0.5) is 0 Å². The number of thiophene rings is 1. The largest absolute Gasteiger partial charge is 0.479 e. The van der Waals surface area contributed by atoms with Crippen LogP contribution in [-0.2, 0) is 15.3 Å². The molecular weight excluding hydrogens is 306 g/mol. The number of thioether (sulfide) groups is 1. The van der Waals surface area contributed by atoms with E-state index in [1.807, 2.05) is 24.4 Å². The van der Waals surface area contributed by atoms with Gasteiger partial charge in [0.05, 0.1) is 5.75 Å². The van der Waals surface area contributed by atoms with Gasteiger partial charge in [0.2, 0.25) is 5.91 Å². The molecule has 21 heavy (non-hydrogen) atoms. The van der Waals surface area contributed by atoms with E-state index in [0.29, 0.717) is 12.2 Å². The van der Waals surface area contributed by atoms with Crippen molar-refractivity contribution < 1.29 is 14.7 Å². The maximum absolute atomic E-state index is 12.1. The number of hydrogen-bond donors (Lipinski definition) is 2. The highest BCUT2D eigenvalue weighted by molar-refractivity contribution is 7.99. The van der Waals surface area contributed by atoms with Crippen LogP contribution in [0.3, 0.4) is 0 Å². The molecular formula is C15H21NO3S2. The molecule has 6 heteroatoms. The fourth-order valence-corrected chi connectivity index (χ4v) is 4.50. The van der Waals surface area contributed by atoms with E-state index in [-0.39, 0.29) is 11.8 Å². The van der Waals surface area contributed by atoms with E-state index in [1.165, 1.54) is 16.6 Å². The van der Waals surface area contributed by atoms with Crippen LogP contribution in [0, 0.1) is 5.92 Å². The summed E-state index contributed by atoms with van der Waals surface area (Å²) in [5.74, 6) is 0.00870. The lowest BCUT2D eigenvalue weighted by molar-refractivity contribution is -0.151. The Hall–Kier alpha value is -1.01. The summed E-state index contributed by atoms with van der Waals surface area (Å²) in [7, 11) is 0. The van der Waals surface area contributed by atoms with Gasteiger partial charge in [-0.25, -0.2) is 4.79 Å². The molecule has 1 amide bonds. The molecule has 116 valence electrons. The van der Waals surface area contributed by atoms with Crippen molar-refractivity contribution in [2.75, 3.05) is 5.75 Å². The summed E-state index contributed by atoms with van der Waals surface area (Å²) < 4.78 is 0. The topological polar surface area (TPSA) is 66.4 Å². The van der Waals surface area contributed by atoms with Crippen molar-refractivity contribution in [1.29, 1.82) is 0 Å². The number of aliphatic carboxylic acids is 1. The quantitative estimate of drug-likeness (QED) is 0.842. The molecule has 0 spiro atoms. The van der Waals surface area contributed by atoms with Crippen LogP contribution in [0.25, 0.3) is 0 Å². The summed E-state index contributed by atoms with van der Waals surface area (Å²) in [4.78, 5) is 25.0. The summed E-state index contributed by atoms with van der Waals surface area (Å²) in [5, 5.41) is 14.4. The highest BCUT2D eigenvalue weighted by Crippen LogP contribution is 2.34. The first-order valence-corrected chi connectivity index (χ1v) is 9.22. The van der Waals surface area contributed by atoms with Crippen molar-refractivity contribution in [2.24, 2.45) is 5.92 Å². The van der Waals surface area contributed by atoms with Crippen molar-refractivity contribution in [3.05, 3.63) is 22.4 Å². The molecule has 0 radical (unpaired) electrons. The third-order valence-corrected chi connectivity index (χ3v) is 6.14. The molecule has 1 saturated carbocycles. The van der Waals surface area contributed by atoms with Crippen LogP contribution in [0.2, 0.25) is 0 Å². The maximum Gasteiger partial charge on any atom is 0.329 e. The predicted molar refractivity (Wildman–Crippen MR) is 86.6 cm³/mol. The van der Waals surface area contributed by atoms with E-state index in [9.17, 15) is 14.7 Å². The average Bonchev–Trinajstić information content (AvgIpc) is 2.94. The zero-order valence-electron chi connectivity index (χ0n) is 12.1. The molecule has 1 aromatic rings. The maximum atomic E-state index is 12.1. The minimum atomic E-state index is -1.07. The second-order valence-electron chi connectivity index (χ2n) is 5.54. The molecule has 1 aliphatic carbocycles. The highest BCUT2D eigenvalue weighted by atomic mass is 32.2. The fraction of sp³-hybridized carbons (Fsp3) is 0.600. The third kappa shape index (κ3) is 4.01. The van der Waals surface area contributed by atoms with E-state index < -0.39 is 11.5 Å². The molecule has 0 aromatic carbocycles. The zero-order chi connectivity index (χ0) is 15.3. The molecule has 1 aliphatic rings. The van der Waals surface area contributed by atoms with Crippen molar-refractivity contribution in [3.63, 3.8) is 0 Å². The van der Waals surface area contributed by atoms with Crippen molar-refractivity contribution in [2.45, 2.75) is 43.9 Å². The molecule has 1 aromatic heterocycles. The normalized spacial score (nSPS) is 25.5. The lowest BCUT2D eigenvalue weighted by Gasteiger charge is -2.39. The Morgan fingerprint density at radius 1 is 1.52 bits per heavy atom. The van der Waals surface area contributed by atoms with Crippen LogP contribution in [0.15, 0.2) is 17.5 Å². The number of carboxylic acids is 1. The third-order valence-electron chi connectivity index (χ3n) is 4.10. The van der Waals surface area contributed by atoms with Crippen LogP contribution in [0.5, 0.6) is 0 Å². The zero-order valence-corrected chi connectivity index (χ0v) is 13.8. The second-order valence-corrected chi connectivity index (χ2v) is 7.56. The molecule has 4 nitrogen and oxygen atoms in total. The summed E-state index contributed by atoms with van der Waals surface area (Å²) in [6.45, 7) is 1.92. The van der Waals surface area contributed by atoms with E-state index in [2.05, 4.69) is 5.32 Å². The van der Waals surface area contributed by atoms with Gasteiger partial charge in [0.15, 0.2) is 0 Å². The first-order valence-electron chi connectivity index (χ1n) is 7.19. The van der Waals surface area contributed by atoms with Crippen LogP contribution in [0.1, 0.15) is 37.5 Å². The number of hydrogen-bond acceptors (Lipinski definition) is 4. The molecule has 0 saturated heterocycles. The highest BCUT2D eigenvalue weighted by Gasteiger charge is 2.46. The number of carbonyl (C=O) groups is 2. The number of amides is 1. The van der Waals surface area contributed by atoms with Crippen LogP contribution in [-0.4, -0.2) is 28.3 Å².